The molecule has 2 aliphatic heterocycles. The number of nitrogens with one attached hydrogen (secondary N) is 3. The fourth-order valence-electron chi connectivity index (χ4n) is 6.04. The zero-order chi connectivity index (χ0) is 31.5. The van der Waals surface area contributed by atoms with Crippen molar-refractivity contribution in [3.05, 3.63) is 126 Å². The topological polar surface area (TPSA) is 129 Å². The second kappa shape index (κ2) is 12.7. The van der Waals surface area contributed by atoms with Gasteiger partial charge in [-0.25, -0.2) is 9.97 Å². The van der Waals surface area contributed by atoms with Crippen LogP contribution in [0.1, 0.15) is 27.5 Å². The van der Waals surface area contributed by atoms with Crippen LogP contribution in [0, 0.1) is 0 Å². The number of anilines is 5. The Balaban J connectivity index is 1.09. The smallest absolute Gasteiger partial charge is 0.255 e. The average molecular weight is 611 g/mol. The molecule has 0 spiro atoms. The molecule has 1 unspecified atom stereocenters. The zero-order valence-corrected chi connectivity index (χ0v) is 25.2. The molecule has 46 heavy (non-hydrogen) atoms. The molecule has 0 radical (unpaired) electrons. The Bertz CT molecular complexity index is 1860. The molecular weight excluding hydrogens is 576 g/mol. The Kier molecular flexibility index (Phi) is 8.01. The lowest BCUT2D eigenvalue weighted by Gasteiger charge is -2.29. The van der Waals surface area contributed by atoms with Crippen LogP contribution in [-0.2, 0) is 11.3 Å². The first-order chi connectivity index (χ1) is 22.5. The van der Waals surface area contributed by atoms with Crippen molar-refractivity contribution in [2.45, 2.75) is 12.6 Å². The molecule has 1 aromatic heterocycles. The van der Waals surface area contributed by atoms with E-state index in [4.69, 9.17) is 5.73 Å². The summed E-state index contributed by atoms with van der Waals surface area (Å²) in [5, 5.41) is 9.58. The standard InChI is InChI=1S/C36H34N8O2/c37-32-21-33(40-23-39-32)41-28-10-12-29(13-11-28)42-35(45)34(25-4-2-1-3-5-25)44-22-27-7-6-26(20-31(27)36(44)46)24-8-14-30(15-9-24)43-18-16-38-17-19-43/h1-15,20-21,23,34,38H,16-19,22H2,(H,42,45)(H3,37,39,40,41). The number of hydrogen-bond acceptors (Lipinski definition) is 8. The highest BCUT2D eigenvalue weighted by Crippen LogP contribution is 2.35. The van der Waals surface area contributed by atoms with Gasteiger partial charge < -0.3 is 31.5 Å². The summed E-state index contributed by atoms with van der Waals surface area (Å²) in [6.45, 7) is 4.28. The van der Waals surface area contributed by atoms with E-state index in [0.29, 0.717) is 29.4 Å². The van der Waals surface area contributed by atoms with Crippen LogP contribution >= 0.6 is 0 Å². The predicted molar refractivity (Wildman–Crippen MR) is 181 cm³/mol. The van der Waals surface area contributed by atoms with Crippen molar-refractivity contribution in [1.29, 1.82) is 0 Å². The van der Waals surface area contributed by atoms with Crippen LogP contribution in [0.15, 0.2) is 109 Å². The van der Waals surface area contributed by atoms with Crippen molar-refractivity contribution in [3.8, 4) is 11.1 Å². The molecule has 3 heterocycles. The molecule has 230 valence electrons. The summed E-state index contributed by atoms with van der Waals surface area (Å²) < 4.78 is 0. The second-order valence-corrected chi connectivity index (χ2v) is 11.4. The molecule has 7 rings (SSSR count). The monoisotopic (exact) mass is 610 g/mol. The number of carbonyl (C=O) groups excluding carboxylic acids is 2. The second-order valence-electron chi connectivity index (χ2n) is 11.4. The van der Waals surface area contributed by atoms with Crippen molar-refractivity contribution in [2.75, 3.05) is 47.4 Å². The van der Waals surface area contributed by atoms with Gasteiger partial charge in [0, 0.05) is 61.4 Å². The number of fused-ring (bicyclic) bond motifs is 1. The van der Waals surface area contributed by atoms with Gasteiger partial charge in [0.15, 0.2) is 0 Å². The molecule has 0 bridgehead atoms. The first-order valence-corrected chi connectivity index (χ1v) is 15.3. The van der Waals surface area contributed by atoms with Crippen LogP contribution in [0.5, 0.6) is 0 Å². The van der Waals surface area contributed by atoms with Gasteiger partial charge in [-0.2, -0.15) is 0 Å². The Labute approximate surface area is 267 Å². The summed E-state index contributed by atoms with van der Waals surface area (Å²) in [5.74, 6) is 0.474. The maximum Gasteiger partial charge on any atom is 0.255 e. The van der Waals surface area contributed by atoms with E-state index in [0.717, 1.165) is 54.1 Å². The van der Waals surface area contributed by atoms with Crippen LogP contribution in [0.2, 0.25) is 0 Å². The number of aromatic nitrogens is 2. The molecule has 2 aliphatic rings. The molecule has 1 atom stereocenters. The van der Waals surface area contributed by atoms with Crippen molar-refractivity contribution >= 4 is 40.5 Å². The molecule has 1 fully saturated rings. The molecule has 0 saturated carbocycles. The van der Waals surface area contributed by atoms with Gasteiger partial charge in [0.25, 0.3) is 11.8 Å². The third kappa shape index (κ3) is 6.11. The molecule has 1 saturated heterocycles. The van der Waals surface area contributed by atoms with Gasteiger partial charge in [0.1, 0.15) is 24.0 Å². The summed E-state index contributed by atoms with van der Waals surface area (Å²) in [5.41, 5.74) is 12.6. The lowest BCUT2D eigenvalue weighted by Crippen LogP contribution is -2.43. The Morgan fingerprint density at radius 2 is 1.54 bits per heavy atom. The highest BCUT2D eigenvalue weighted by Gasteiger charge is 2.37. The van der Waals surface area contributed by atoms with E-state index >= 15 is 0 Å². The van der Waals surface area contributed by atoms with Crippen LogP contribution in [0.25, 0.3) is 11.1 Å². The number of benzene rings is 4. The van der Waals surface area contributed by atoms with Crippen LogP contribution in [0.3, 0.4) is 0 Å². The SMILES string of the molecule is Nc1cc(Nc2ccc(NC(=O)C(c3ccccc3)N3Cc4ccc(-c5ccc(N6CCNCC6)cc5)cc4C3=O)cc2)ncn1. The van der Waals surface area contributed by atoms with Gasteiger partial charge in [-0.15, -0.1) is 0 Å². The quantitative estimate of drug-likeness (QED) is 0.188. The van der Waals surface area contributed by atoms with Gasteiger partial charge in [0.05, 0.1) is 0 Å². The third-order valence-electron chi connectivity index (χ3n) is 8.41. The largest absolute Gasteiger partial charge is 0.384 e. The number of amides is 2. The normalized spacial score (nSPS) is 14.9. The number of nitrogen functional groups attached to an aromatic ring is 1. The van der Waals surface area contributed by atoms with E-state index < -0.39 is 6.04 Å². The van der Waals surface area contributed by atoms with Crippen molar-refractivity contribution < 1.29 is 9.59 Å². The van der Waals surface area contributed by atoms with Crippen molar-refractivity contribution in [3.63, 3.8) is 0 Å². The molecule has 0 aliphatic carbocycles. The number of nitrogens with zero attached hydrogens (tertiary/aromatic N) is 4. The summed E-state index contributed by atoms with van der Waals surface area (Å²) in [6.07, 6.45) is 1.39. The zero-order valence-electron chi connectivity index (χ0n) is 25.2. The molecule has 2 amide bonds. The van der Waals surface area contributed by atoms with E-state index in [1.807, 2.05) is 54.6 Å². The first kappa shape index (κ1) is 29.0. The van der Waals surface area contributed by atoms with E-state index in [1.54, 1.807) is 23.1 Å². The van der Waals surface area contributed by atoms with Gasteiger partial charge in [-0.3, -0.25) is 9.59 Å². The number of piperazine rings is 1. The maximum atomic E-state index is 14.0. The fraction of sp³-hybridized carbons (Fsp3) is 0.167. The number of carbonyl (C=O) groups is 2. The number of hydrogen-bond donors (Lipinski definition) is 4. The maximum absolute atomic E-state index is 14.0. The summed E-state index contributed by atoms with van der Waals surface area (Å²) >= 11 is 0. The minimum absolute atomic E-state index is 0.165. The first-order valence-electron chi connectivity index (χ1n) is 15.3. The number of nitrogens with two attached hydrogens (primary N) is 1. The van der Waals surface area contributed by atoms with E-state index in [-0.39, 0.29) is 11.8 Å². The molecule has 5 aromatic rings. The van der Waals surface area contributed by atoms with E-state index in [1.165, 1.54) is 12.0 Å². The average Bonchev–Trinajstić information content (AvgIpc) is 3.41. The van der Waals surface area contributed by atoms with Crippen molar-refractivity contribution in [2.24, 2.45) is 0 Å². The summed E-state index contributed by atoms with van der Waals surface area (Å²) in [7, 11) is 0. The molecule has 5 N–H and O–H groups in total. The fourth-order valence-corrected chi connectivity index (χ4v) is 6.04. The Morgan fingerprint density at radius 1 is 0.826 bits per heavy atom. The van der Waals surface area contributed by atoms with Crippen LogP contribution in [-0.4, -0.2) is 52.9 Å². The highest BCUT2D eigenvalue weighted by atomic mass is 16.2. The van der Waals surface area contributed by atoms with Gasteiger partial charge >= 0.3 is 0 Å². The Hall–Kier alpha value is -5.74. The van der Waals surface area contributed by atoms with Crippen LogP contribution in [0.4, 0.5) is 28.7 Å². The lowest BCUT2D eigenvalue weighted by molar-refractivity contribution is -0.120. The van der Waals surface area contributed by atoms with E-state index in [2.05, 4.69) is 61.2 Å². The van der Waals surface area contributed by atoms with Gasteiger partial charge in [0.2, 0.25) is 0 Å². The lowest BCUT2D eigenvalue weighted by atomic mass is 10.00. The van der Waals surface area contributed by atoms with Gasteiger partial charge in [-0.05, 0) is 64.7 Å². The minimum atomic E-state index is -0.815. The molecule has 10 heteroatoms. The van der Waals surface area contributed by atoms with Crippen molar-refractivity contribution in [1.82, 2.24) is 20.2 Å². The third-order valence-corrected chi connectivity index (χ3v) is 8.41. The van der Waals surface area contributed by atoms with E-state index in [9.17, 15) is 9.59 Å². The molecular formula is C36H34N8O2. The molecule has 4 aromatic carbocycles. The predicted octanol–water partition coefficient (Wildman–Crippen LogP) is 5.21. The van der Waals surface area contributed by atoms with Gasteiger partial charge in [-0.1, -0.05) is 54.6 Å². The van der Waals surface area contributed by atoms with Crippen LogP contribution < -0.4 is 26.6 Å². The molecule has 10 nitrogen and oxygen atoms in total. The minimum Gasteiger partial charge on any atom is -0.384 e. The summed E-state index contributed by atoms with van der Waals surface area (Å²) in [6, 6.07) is 32.0. The number of rotatable bonds is 8. The highest BCUT2D eigenvalue weighted by molar-refractivity contribution is 6.04. The summed E-state index contributed by atoms with van der Waals surface area (Å²) in [4.78, 5) is 40.0. The Morgan fingerprint density at radius 3 is 2.28 bits per heavy atom.